The molecule has 1 saturated heterocycles. The van der Waals surface area contributed by atoms with E-state index in [-0.39, 0.29) is 6.04 Å². The second-order valence-electron chi connectivity index (χ2n) is 8.09. The van der Waals surface area contributed by atoms with Crippen molar-refractivity contribution >= 4 is 10.0 Å². The van der Waals surface area contributed by atoms with Crippen LogP contribution in [0.3, 0.4) is 0 Å². The van der Waals surface area contributed by atoms with Crippen molar-refractivity contribution in [3.63, 3.8) is 0 Å². The minimum atomic E-state index is -3.53. The third-order valence-electron chi connectivity index (χ3n) is 5.82. The van der Waals surface area contributed by atoms with E-state index >= 15 is 0 Å². The molecule has 1 heterocycles. The maximum absolute atomic E-state index is 13.1. The van der Waals surface area contributed by atoms with Crippen LogP contribution >= 0.6 is 0 Å². The number of hydrogen-bond acceptors (Lipinski definition) is 4. The van der Waals surface area contributed by atoms with Gasteiger partial charge in [-0.3, -0.25) is 4.90 Å². The lowest BCUT2D eigenvalue weighted by Crippen LogP contribution is -2.54. The van der Waals surface area contributed by atoms with Crippen LogP contribution in [-0.4, -0.2) is 64.0 Å². The van der Waals surface area contributed by atoms with E-state index in [1.165, 1.54) is 0 Å². The highest BCUT2D eigenvalue weighted by molar-refractivity contribution is 7.89. The first kappa shape index (κ1) is 21.4. The summed E-state index contributed by atoms with van der Waals surface area (Å²) >= 11 is 0. The van der Waals surface area contributed by atoms with Crippen molar-refractivity contribution in [1.29, 1.82) is 0 Å². The van der Waals surface area contributed by atoms with Gasteiger partial charge in [-0.15, -0.1) is 0 Å². The van der Waals surface area contributed by atoms with Gasteiger partial charge in [-0.2, -0.15) is 0 Å². The fraction of sp³-hybridized carbons (Fsp3) is 0.700. The van der Waals surface area contributed by atoms with Gasteiger partial charge in [-0.05, 0) is 62.9 Å². The third kappa shape index (κ3) is 4.66. The van der Waals surface area contributed by atoms with Crippen molar-refractivity contribution in [2.45, 2.75) is 52.5 Å². The highest BCUT2D eigenvalue weighted by atomic mass is 32.2. The zero-order chi connectivity index (χ0) is 19.6. The molecule has 1 atom stereocenters. The van der Waals surface area contributed by atoms with E-state index in [9.17, 15) is 8.42 Å². The Morgan fingerprint density at radius 1 is 1.00 bits per heavy atom. The molecule has 1 aromatic rings. The lowest BCUT2D eigenvalue weighted by atomic mass is 10.0. The van der Waals surface area contributed by atoms with Gasteiger partial charge in [0.05, 0.1) is 4.90 Å². The lowest BCUT2D eigenvalue weighted by Gasteiger charge is -2.40. The van der Waals surface area contributed by atoms with Crippen LogP contribution in [0.4, 0.5) is 0 Å². The first-order chi connectivity index (χ1) is 12.0. The van der Waals surface area contributed by atoms with Crippen LogP contribution in [0.2, 0.25) is 0 Å². The number of sulfonamides is 1. The van der Waals surface area contributed by atoms with Crippen molar-refractivity contribution in [2.24, 2.45) is 5.92 Å². The molecule has 0 amide bonds. The Labute approximate surface area is 159 Å². The van der Waals surface area contributed by atoms with E-state index in [2.05, 4.69) is 41.5 Å². The summed E-state index contributed by atoms with van der Waals surface area (Å²) in [6.07, 6.45) is 0. The van der Waals surface area contributed by atoms with Crippen LogP contribution in [0.25, 0.3) is 0 Å². The second-order valence-corrected chi connectivity index (χ2v) is 9.80. The normalized spacial score (nSPS) is 18.5. The van der Waals surface area contributed by atoms with Crippen molar-refractivity contribution in [1.82, 2.24) is 14.5 Å². The number of piperazine rings is 1. The first-order valence-corrected chi connectivity index (χ1v) is 11.0. The van der Waals surface area contributed by atoms with Gasteiger partial charge in [-0.25, -0.2) is 13.1 Å². The van der Waals surface area contributed by atoms with Gasteiger partial charge in [0.25, 0.3) is 0 Å². The van der Waals surface area contributed by atoms with E-state index < -0.39 is 10.0 Å². The predicted octanol–water partition coefficient (Wildman–Crippen LogP) is 2.47. The zero-order valence-electron chi connectivity index (χ0n) is 17.4. The fourth-order valence-electron chi connectivity index (χ4n) is 3.79. The molecule has 2 rings (SSSR count). The Balaban J connectivity index is 2.21. The number of likely N-dealkylation sites (N-methyl/N-ethyl adjacent to an activating group) is 1. The SMILES string of the molecule is Cc1cc(C)c(C)c(S(=O)(=O)NCC(C(C)C)N2CCN(C)CC2)c1C. The Morgan fingerprint density at radius 3 is 1.96 bits per heavy atom. The van der Waals surface area contributed by atoms with Crippen molar-refractivity contribution in [3.05, 3.63) is 28.3 Å². The smallest absolute Gasteiger partial charge is 0.241 e. The summed E-state index contributed by atoms with van der Waals surface area (Å²) in [6.45, 7) is 16.6. The van der Waals surface area contributed by atoms with Crippen LogP contribution in [0.1, 0.15) is 36.1 Å². The molecule has 1 aromatic carbocycles. The van der Waals surface area contributed by atoms with Gasteiger partial charge in [0.1, 0.15) is 0 Å². The van der Waals surface area contributed by atoms with Crippen LogP contribution < -0.4 is 4.72 Å². The number of aryl methyl sites for hydroxylation is 2. The van der Waals surface area contributed by atoms with Gasteiger partial charge in [0.2, 0.25) is 10.0 Å². The third-order valence-corrected chi connectivity index (χ3v) is 7.52. The minimum absolute atomic E-state index is 0.213. The van der Waals surface area contributed by atoms with E-state index in [1.54, 1.807) is 0 Å². The Bertz CT molecular complexity index is 710. The van der Waals surface area contributed by atoms with Crippen LogP contribution in [0, 0.1) is 33.6 Å². The number of nitrogens with zero attached hydrogens (tertiary/aromatic N) is 2. The molecule has 1 aliphatic heterocycles. The number of nitrogens with one attached hydrogen (secondary N) is 1. The molecule has 0 aromatic heterocycles. The highest BCUT2D eigenvalue weighted by Crippen LogP contribution is 2.26. The van der Waals surface area contributed by atoms with Gasteiger partial charge in [-0.1, -0.05) is 19.9 Å². The molecule has 26 heavy (non-hydrogen) atoms. The maximum atomic E-state index is 13.1. The van der Waals surface area contributed by atoms with Crippen LogP contribution in [0.15, 0.2) is 11.0 Å². The number of rotatable bonds is 6. The Kier molecular flexibility index (Phi) is 6.88. The topological polar surface area (TPSA) is 52.7 Å². The molecule has 1 unspecified atom stereocenters. The van der Waals surface area contributed by atoms with Crippen molar-refractivity contribution in [3.8, 4) is 0 Å². The number of benzene rings is 1. The maximum Gasteiger partial charge on any atom is 0.241 e. The fourth-order valence-corrected chi connectivity index (χ4v) is 5.45. The summed E-state index contributed by atoms with van der Waals surface area (Å²) in [6, 6.07) is 2.27. The largest absolute Gasteiger partial charge is 0.304 e. The molecule has 148 valence electrons. The molecule has 0 spiro atoms. The quantitative estimate of drug-likeness (QED) is 0.822. The van der Waals surface area contributed by atoms with Crippen molar-refractivity contribution < 1.29 is 8.42 Å². The van der Waals surface area contributed by atoms with Gasteiger partial charge in [0, 0.05) is 38.8 Å². The summed E-state index contributed by atoms with van der Waals surface area (Å²) < 4.78 is 29.1. The van der Waals surface area contributed by atoms with Gasteiger partial charge >= 0.3 is 0 Å². The monoisotopic (exact) mass is 381 g/mol. The van der Waals surface area contributed by atoms with Gasteiger partial charge in [0.15, 0.2) is 0 Å². The Morgan fingerprint density at radius 2 is 1.50 bits per heavy atom. The van der Waals surface area contributed by atoms with Crippen LogP contribution in [0.5, 0.6) is 0 Å². The predicted molar refractivity (Wildman–Crippen MR) is 108 cm³/mol. The van der Waals surface area contributed by atoms with E-state index in [0.29, 0.717) is 17.4 Å². The van der Waals surface area contributed by atoms with Gasteiger partial charge < -0.3 is 4.90 Å². The summed E-state index contributed by atoms with van der Waals surface area (Å²) in [4.78, 5) is 5.20. The van der Waals surface area contributed by atoms with E-state index in [4.69, 9.17) is 0 Å². The molecule has 1 fully saturated rings. The molecule has 0 saturated carbocycles. The summed E-state index contributed by atoms with van der Waals surface area (Å²) in [7, 11) is -1.40. The highest BCUT2D eigenvalue weighted by Gasteiger charge is 2.28. The average molecular weight is 382 g/mol. The molecule has 6 heteroatoms. The zero-order valence-corrected chi connectivity index (χ0v) is 18.2. The molecule has 0 bridgehead atoms. The molecular formula is C20H35N3O2S. The summed E-state index contributed by atoms with van der Waals surface area (Å²) in [5.41, 5.74) is 3.74. The molecule has 0 radical (unpaired) electrons. The summed E-state index contributed by atoms with van der Waals surface area (Å²) in [5.74, 6) is 0.391. The van der Waals surface area contributed by atoms with Crippen LogP contribution in [-0.2, 0) is 10.0 Å². The standard InChI is InChI=1S/C20H35N3O2S/c1-14(2)19(23-10-8-22(7)9-11-23)13-21-26(24,25)20-17(5)15(3)12-16(4)18(20)6/h12,14,19,21H,8-11,13H2,1-7H3. The minimum Gasteiger partial charge on any atom is -0.304 e. The second kappa shape index (κ2) is 8.38. The lowest BCUT2D eigenvalue weighted by molar-refractivity contribution is 0.0905. The number of hydrogen-bond donors (Lipinski definition) is 1. The molecule has 1 aliphatic rings. The first-order valence-electron chi connectivity index (χ1n) is 9.54. The van der Waals surface area contributed by atoms with E-state index in [1.807, 2.05) is 27.7 Å². The molecular weight excluding hydrogens is 346 g/mol. The van der Waals surface area contributed by atoms with E-state index in [0.717, 1.165) is 48.4 Å². The summed E-state index contributed by atoms with van der Waals surface area (Å²) in [5, 5.41) is 0. The van der Waals surface area contributed by atoms with Crippen molar-refractivity contribution in [2.75, 3.05) is 39.8 Å². The molecule has 0 aliphatic carbocycles. The molecule has 1 N–H and O–H groups in total. The average Bonchev–Trinajstić information content (AvgIpc) is 2.54. The molecule has 5 nitrogen and oxygen atoms in total. The Hall–Kier alpha value is -0.950.